The van der Waals surface area contributed by atoms with Gasteiger partial charge in [-0.1, -0.05) is 22.4 Å². The molecule has 0 bridgehead atoms. The molecule has 2 nitrogen and oxygen atoms in total. The number of rotatable bonds is 2. The van der Waals surface area contributed by atoms with Crippen molar-refractivity contribution < 1.29 is 4.68 Å². The molecule has 3 heteroatoms. The van der Waals surface area contributed by atoms with Crippen LogP contribution < -0.4 is 4.68 Å². The third kappa shape index (κ3) is 1.43. The van der Waals surface area contributed by atoms with E-state index in [1.54, 1.807) is 11.3 Å². The maximum Gasteiger partial charge on any atom is 0.261 e. The summed E-state index contributed by atoms with van der Waals surface area (Å²) in [7, 11) is 0. The lowest BCUT2D eigenvalue weighted by molar-refractivity contribution is -0.760. The van der Waals surface area contributed by atoms with Gasteiger partial charge in [0.2, 0.25) is 0 Å². The average Bonchev–Trinajstić information content (AvgIpc) is 2.27. The Hall–Kier alpha value is -0.440. The molecule has 60 valence electrons. The predicted octanol–water partition coefficient (Wildman–Crippen LogP) is 1.54. The molecule has 0 saturated heterocycles. The lowest BCUT2D eigenvalue weighted by atomic mass is 9.85. The normalized spacial score (nSPS) is 18.3. The molecule has 0 amide bonds. The van der Waals surface area contributed by atoms with E-state index in [0.717, 1.165) is 12.5 Å². The van der Waals surface area contributed by atoms with Gasteiger partial charge in [-0.15, -0.1) is 0 Å². The van der Waals surface area contributed by atoms with Crippen LogP contribution in [-0.2, 0) is 6.54 Å². The Morgan fingerprint density at radius 2 is 2.55 bits per heavy atom. The summed E-state index contributed by atoms with van der Waals surface area (Å²) in [6.07, 6.45) is 4.24. The van der Waals surface area contributed by atoms with Gasteiger partial charge >= 0.3 is 0 Å². The maximum absolute atomic E-state index is 4.27. The highest BCUT2D eigenvalue weighted by molar-refractivity contribution is 7.08. The molecule has 0 spiro atoms. The van der Waals surface area contributed by atoms with Gasteiger partial charge in [-0.3, -0.25) is 0 Å². The standard InChI is InChI=1S/C8H13N2S/c1-7-10(9-6-11-7)5-8-3-2-4-8/h6,8H,2-5H2,1H3/q+1. The quantitative estimate of drug-likeness (QED) is 0.614. The van der Waals surface area contributed by atoms with Crippen LogP contribution in [-0.4, -0.2) is 5.10 Å². The van der Waals surface area contributed by atoms with Crippen LogP contribution >= 0.6 is 11.3 Å². The molecule has 1 fully saturated rings. The zero-order chi connectivity index (χ0) is 7.68. The molecule has 0 N–H and O–H groups in total. The molecule has 1 aliphatic carbocycles. The van der Waals surface area contributed by atoms with Crippen LogP contribution in [0.5, 0.6) is 0 Å². The average molecular weight is 169 g/mol. The van der Waals surface area contributed by atoms with Crippen molar-refractivity contribution in [3.8, 4) is 0 Å². The van der Waals surface area contributed by atoms with Gasteiger partial charge in [0.05, 0.1) is 0 Å². The smallest absolute Gasteiger partial charge is 0.0776 e. The van der Waals surface area contributed by atoms with Crippen LogP contribution in [0, 0.1) is 12.8 Å². The fourth-order valence-corrected chi connectivity index (χ4v) is 1.95. The highest BCUT2D eigenvalue weighted by atomic mass is 32.1. The molecule has 0 aromatic carbocycles. The van der Waals surface area contributed by atoms with E-state index in [0.29, 0.717) is 0 Å². The SMILES string of the molecule is Cc1scn[n+]1CC1CCC1. The summed E-state index contributed by atoms with van der Waals surface area (Å²) in [6, 6.07) is 0. The van der Waals surface area contributed by atoms with Crippen molar-refractivity contribution in [1.29, 1.82) is 0 Å². The van der Waals surface area contributed by atoms with E-state index in [2.05, 4.69) is 16.7 Å². The van der Waals surface area contributed by atoms with Crippen molar-refractivity contribution in [3.63, 3.8) is 0 Å². The largest absolute Gasteiger partial charge is 0.261 e. The van der Waals surface area contributed by atoms with Crippen LogP contribution in [0.1, 0.15) is 24.3 Å². The van der Waals surface area contributed by atoms with Gasteiger partial charge in [0.25, 0.3) is 5.01 Å². The first-order chi connectivity index (χ1) is 5.36. The van der Waals surface area contributed by atoms with Crippen molar-refractivity contribution in [3.05, 3.63) is 10.5 Å². The van der Waals surface area contributed by atoms with Crippen LogP contribution in [0.2, 0.25) is 0 Å². The third-order valence-corrected chi connectivity index (χ3v) is 3.18. The Labute approximate surface area is 70.9 Å². The summed E-state index contributed by atoms with van der Waals surface area (Å²) in [5.74, 6) is 0.917. The summed E-state index contributed by atoms with van der Waals surface area (Å²) >= 11 is 1.73. The molecule has 2 rings (SSSR count). The summed E-state index contributed by atoms with van der Waals surface area (Å²) in [5.41, 5.74) is 1.92. The first kappa shape index (κ1) is 7.22. The first-order valence-corrected chi connectivity index (χ1v) is 5.04. The van der Waals surface area contributed by atoms with E-state index >= 15 is 0 Å². The molecule has 1 heterocycles. The number of nitrogens with zero attached hydrogens (tertiary/aromatic N) is 2. The van der Waals surface area contributed by atoms with E-state index < -0.39 is 0 Å². The molecule has 1 saturated carbocycles. The van der Waals surface area contributed by atoms with E-state index in [9.17, 15) is 0 Å². The second-order valence-corrected chi connectivity index (χ2v) is 4.27. The van der Waals surface area contributed by atoms with Crippen molar-refractivity contribution >= 4 is 11.3 Å². The molecule has 11 heavy (non-hydrogen) atoms. The summed E-state index contributed by atoms with van der Waals surface area (Å²) in [6.45, 7) is 3.28. The highest BCUT2D eigenvalue weighted by Crippen LogP contribution is 2.26. The van der Waals surface area contributed by atoms with Gasteiger partial charge in [0, 0.05) is 17.9 Å². The number of aromatic nitrogens is 2. The van der Waals surface area contributed by atoms with E-state index in [1.165, 1.54) is 24.3 Å². The topological polar surface area (TPSA) is 16.8 Å². The van der Waals surface area contributed by atoms with Crippen LogP contribution in [0.25, 0.3) is 0 Å². The van der Waals surface area contributed by atoms with E-state index in [1.807, 2.05) is 5.51 Å². The van der Waals surface area contributed by atoms with Crippen LogP contribution in [0.4, 0.5) is 0 Å². The minimum Gasteiger partial charge on any atom is -0.0776 e. The lowest BCUT2D eigenvalue weighted by Gasteiger charge is -2.20. The summed E-state index contributed by atoms with van der Waals surface area (Å²) in [4.78, 5) is 0. The van der Waals surface area contributed by atoms with Crippen molar-refractivity contribution in [2.24, 2.45) is 5.92 Å². The van der Waals surface area contributed by atoms with Gasteiger partial charge in [-0.25, -0.2) is 0 Å². The fourth-order valence-electron chi connectivity index (χ4n) is 1.39. The van der Waals surface area contributed by atoms with Gasteiger partial charge in [0.1, 0.15) is 0 Å². The van der Waals surface area contributed by atoms with Gasteiger partial charge in [-0.2, -0.15) is 0 Å². The zero-order valence-electron chi connectivity index (χ0n) is 6.79. The molecule has 0 unspecified atom stereocenters. The predicted molar refractivity (Wildman–Crippen MR) is 44.4 cm³/mol. The Kier molecular flexibility index (Phi) is 1.90. The van der Waals surface area contributed by atoms with E-state index in [4.69, 9.17) is 0 Å². The van der Waals surface area contributed by atoms with Crippen molar-refractivity contribution in [2.45, 2.75) is 32.7 Å². The first-order valence-electron chi connectivity index (χ1n) is 4.16. The van der Waals surface area contributed by atoms with Crippen molar-refractivity contribution in [1.82, 2.24) is 5.10 Å². The molecular formula is C8H13N2S+. The fraction of sp³-hybridized carbons (Fsp3) is 0.750. The number of hydrogen-bond acceptors (Lipinski definition) is 2. The minimum absolute atomic E-state index is 0.917. The molecule has 1 aliphatic rings. The maximum atomic E-state index is 4.27. The Bertz CT molecular complexity index is 240. The van der Waals surface area contributed by atoms with Crippen LogP contribution in [0.3, 0.4) is 0 Å². The zero-order valence-corrected chi connectivity index (χ0v) is 7.60. The van der Waals surface area contributed by atoms with E-state index in [-0.39, 0.29) is 0 Å². The van der Waals surface area contributed by atoms with Gasteiger partial charge in [-0.05, 0) is 12.8 Å². The molecule has 1 aromatic heterocycles. The van der Waals surface area contributed by atoms with Crippen molar-refractivity contribution in [2.75, 3.05) is 0 Å². The van der Waals surface area contributed by atoms with Gasteiger partial charge < -0.3 is 0 Å². The highest BCUT2D eigenvalue weighted by Gasteiger charge is 2.24. The molecule has 0 radical (unpaired) electrons. The molecule has 0 aliphatic heterocycles. The third-order valence-electron chi connectivity index (χ3n) is 2.43. The Morgan fingerprint density at radius 1 is 1.73 bits per heavy atom. The second kappa shape index (κ2) is 2.89. The molecular weight excluding hydrogens is 156 g/mol. The van der Waals surface area contributed by atoms with Crippen LogP contribution in [0.15, 0.2) is 5.51 Å². The van der Waals surface area contributed by atoms with Gasteiger partial charge in [0.15, 0.2) is 12.1 Å². The monoisotopic (exact) mass is 169 g/mol. The molecule has 0 atom stereocenters. The Morgan fingerprint density at radius 3 is 3.00 bits per heavy atom. The number of aryl methyl sites for hydroxylation is 1. The molecule has 1 aromatic rings. The Balaban J connectivity index is 1.99. The summed E-state index contributed by atoms with van der Waals surface area (Å²) < 4.78 is 2.13. The lowest BCUT2D eigenvalue weighted by Crippen LogP contribution is -2.42. The number of hydrogen-bond donors (Lipinski definition) is 0. The minimum atomic E-state index is 0.917. The second-order valence-electron chi connectivity index (χ2n) is 3.24. The summed E-state index contributed by atoms with van der Waals surface area (Å²) in [5, 5.41) is 5.60.